The SMILES string of the molecule is Cc1ccc(S(=O)(=O)NC(C)(CN)CC(C)C)cc1C.Cl. The van der Waals surface area contributed by atoms with Crippen LogP contribution in [0.3, 0.4) is 0 Å². The Morgan fingerprint density at radius 3 is 2.24 bits per heavy atom. The number of halogens is 1. The lowest BCUT2D eigenvalue weighted by Gasteiger charge is -2.30. The minimum absolute atomic E-state index is 0. The maximum absolute atomic E-state index is 12.5. The molecule has 1 rings (SSSR count). The second-order valence-corrected chi connectivity index (χ2v) is 7.90. The van der Waals surface area contributed by atoms with Gasteiger partial charge in [-0.3, -0.25) is 0 Å². The van der Waals surface area contributed by atoms with Gasteiger partial charge in [0.25, 0.3) is 0 Å². The lowest BCUT2D eigenvalue weighted by Crippen LogP contribution is -2.51. The van der Waals surface area contributed by atoms with Gasteiger partial charge in [0.2, 0.25) is 10.0 Å². The number of sulfonamides is 1. The highest BCUT2D eigenvalue weighted by Gasteiger charge is 2.30. The number of hydrogen-bond donors (Lipinski definition) is 2. The van der Waals surface area contributed by atoms with E-state index in [1.165, 1.54) is 0 Å². The molecule has 0 fully saturated rings. The lowest BCUT2D eigenvalue weighted by atomic mass is 9.92. The minimum Gasteiger partial charge on any atom is -0.329 e. The molecule has 0 aromatic heterocycles. The first-order valence-electron chi connectivity index (χ1n) is 6.91. The predicted octanol–water partition coefficient (Wildman–Crippen LogP) is 2.77. The number of hydrogen-bond acceptors (Lipinski definition) is 3. The van der Waals surface area contributed by atoms with Crippen molar-refractivity contribution in [2.45, 2.75) is 51.5 Å². The van der Waals surface area contributed by atoms with Gasteiger partial charge in [0.15, 0.2) is 0 Å². The number of aryl methyl sites for hydroxylation is 2. The summed E-state index contributed by atoms with van der Waals surface area (Å²) in [4.78, 5) is 0.295. The van der Waals surface area contributed by atoms with Crippen LogP contribution in [0.15, 0.2) is 23.1 Å². The lowest BCUT2D eigenvalue weighted by molar-refractivity contribution is 0.344. The summed E-state index contributed by atoms with van der Waals surface area (Å²) in [5, 5.41) is 0. The van der Waals surface area contributed by atoms with Crippen molar-refractivity contribution >= 4 is 22.4 Å². The molecule has 0 amide bonds. The normalized spacial score (nSPS) is 14.6. The third-order valence-electron chi connectivity index (χ3n) is 3.48. The Labute approximate surface area is 135 Å². The van der Waals surface area contributed by atoms with Crippen molar-refractivity contribution in [1.82, 2.24) is 4.72 Å². The van der Waals surface area contributed by atoms with Crippen molar-refractivity contribution in [2.75, 3.05) is 6.54 Å². The van der Waals surface area contributed by atoms with Gasteiger partial charge < -0.3 is 5.73 Å². The molecule has 0 saturated carbocycles. The van der Waals surface area contributed by atoms with Crippen LogP contribution in [0, 0.1) is 19.8 Å². The van der Waals surface area contributed by atoms with Gasteiger partial charge in [-0.15, -0.1) is 12.4 Å². The molecule has 3 N–H and O–H groups in total. The van der Waals surface area contributed by atoms with E-state index in [2.05, 4.69) is 18.6 Å². The zero-order valence-electron chi connectivity index (χ0n) is 13.4. The quantitative estimate of drug-likeness (QED) is 0.840. The second kappa shape index (κ2) is 7.58. The average molecular weight is 335 g/mol. The first kappa shape index (κ1) is 20.4. The molecule has 0 aliphatic carbocycles. The van der Waals surface area contributed by atoms with Gasteiger partial charge in [0.1, 0.15) is 0 Å². The summed E-state index contributed by atoms with van der Waals surface area (Å²) in [5.41, 5.74) is 7.19. The Morgan fingerprint density at radius 1 is 1.24 bits per heavy atom. The van der Waals surface area contributed by atoms with E-state index in [1.54, 1.807) is 12.1 Å². The molecule has 0 aliphatic heterocycles. The molecule has 0 spiro atoms. The van der Waals surface area contributed by atoms with Gasteiger partial charge in [0, 0.05) is 12.1 Å². The van der Waals surface area contributed by atoms with Crippen LogP contribution in [0.1, 0.15) is 38.3 Å². The van der Waals surface area contributed by atoms with E-state index >= 15 is 0 Å². The highest BCUT2D eigenvalue weighted by atomic mass is 35.5. The molecule has 1 aromatic rings. The Morgan fingerprint density at radius 2 is 1.81 bits per heavy atom. The standard InChI is InChI=1S/C15H26N2O2S.ClH/c1-11(2)9-15(5,10-16)17-20(18,19)14-7-6-12(3)13(4)8-14;/h6-8,11,17H,9-10,16H2,1-5H3;1H. The van der Waals surface area contributed by atoms with Crippen LogP contribution < -0.4 is 10.5 Å². The smallest absolute Gasteiger partial charge is 0.241 e. The molecule has 1 aromatic carbocycles. The molecule has 0 bridgehead atoms. The van der Waals surface area contributed by atoms with Gasteiger partial charge in [0.05, 0.1) is 4.90 Å². The fraction of sp³-hybridized carbons (Fsp3) is 0.600. The molecule has 122 valence electrons. The molecule has 4 nitrogen and oxygen atoms in total. The average Bonchev–Trinajstić information content (AvgIpc) is 2.30. The van der Waals surface area contributed by atoms with Gasteiger partial charge in [-0.25, -0.2) is 13.1 Å². The first-order chi connectivity index (χ1) is 9.09. The molecular formula is C15H27ClN2O2S. The minimum atomic E-state index is -3.54. The fourth-order valence-corrected chi connectivity index (χ4v) is 3.84. The molecule has 0 heterocycles. The molecule has 6 heteroatoms. The molecule has 0 radical (unpaired) electrons. The summed E-state index contributed by atoms with van der Waals surface area (Å²) in [6.07, 6.45) is 0.702. The van der Waals surface area contributed by atoms with Crippen molar-refractivity contribution in [3.05, 3.63) is 29.3 Å². The monoisotopic (exact) mass is 334 g/mol. The van der Waals surface area contributed by atoms with Gasteiger partial charge in [-0.1, -0.05) is 19.9 Å². The van der Waals surface area contributed by atoms with Crippen LogP contribution in [0.25, 0.3) is 0 Å². The van der Waals surface area contributed by atoms with E-state index in [0.29, 0.717) is 17.2 Å². The number of rotatable bonds is 6. The largest absolute Gasteiger partial charge is 0.329 e. The van der Waals surface area contributed by atoms with Crippen molar-refractivity contribution < 1.29 is 8.42 Å². The van der Waals surface area contributed by atoms with E-state index in [-0.39, 0.29) is 19.0 Å². The predicted molar refractivity (Wildman–Crippen MR) is 90.4 cm³/mol. The Balaban J connectivity index is 0.00000400. The second-order valence-electron chi connectivity index (χ2n) is 6.21. The topological polar surface area (TPSA) is 72.2 Å². The van der Waals surface area contributed by atoms with Crippen molar-refractivity contribution in [3.63, 3.8) is 0 Å². The number of nitrogens with one attached hydrogen (secondary N) is 1. The third-order valence-corrected chi connectivity index (χ3v) is 5.11. The van der Waals surface area contributed by atoms with E-state index in [9.17, 15) is 8.42 Å². The summed E-state index contributed by atoms with van der Waals surface area (Å²) < 4.78 is 27.7. The van der Waals surface area contributed by atoms with Crippen LogP contribution in [0.2, 0.25) is 0 Å². The van der Waals surface area contributed by atoms with Crippen LogP contribution >= 0.6 is 12.4 Å². The number of benzene rings is 1. The highest BCUT2D eigenvalue weighted by molar-refractivity contribution is 7.89. The molecule has 1 unspecified atom stereocenters. The van der Waals surface area contributed by atoms with Gasteiger partial charge in [-0.2, -0.15) is 0 Å². The molecule has 21 heavy (non-hydrogen) atoms. The van der Waals surface area contributed by atoms with E-state index in [0.717, 1.165) is 11.1 Å². The van der Waals surface area contributed by atoms with Crippen molar-refractivity contribution in [2.24, 2.45) is 11.7 Å². The Hall–Kier alpha value is -0.620. The maximum atomic E-state index is 12.5. The fourth-order valence-electron chi connectivity index (χ4n) is 2.33. The van der Waals surface area contributed by atoms with E-state index < -0.39 is 15.6 Å². The van der Waals surface area contributed by atoms with Crippen molar-refractivity contribution in [1.29, 1.82) is 0 Å². The summed E-state index contributed by atoms with van der Waals surface area (Å²) in [6, 6.07) is 5.16. The van der Waals surface area contributed by atoms with Gasteiger partial charge in [-0.05, 0) is 56.4 Å². The summed E-state index contributed by atoms with van der Waals surface area (Å²) in [7, 11) is -3.54. The van der Waals surface area contributed by atoms with E-state index in [4.69, 9.17) is 5.73 Å². The summed E-state index contributed by atoms with van der Waals surface area (Å²) in [6.45, 7) is 10.1. The molecular weight excluding hydrogens is 308 g/mol. The Kier molecular flexibility index (Phi) is 7.36. The van der Waals surface area contributed by atoms with E-state index in [1.807, 2.05) is 26.8 Å². The maximum Gasteiger partial charge on any atom is 0.241 e. The van der Waals surface area contributed by atoms with Crippen molar-refractivity contribution in [3.8, 4) is 0 Å². The van der Waals surface area contributed by atoms with Crippen LogP contribution in [-0.4, -0.2) is 20.5 Å². The van der Waals surface area contributed by atoms with Crippen LogP contribution in [0.4, 0.5) is 0 Å². The third kappa shape index (κ3) is 5.58. The Bertz CT molecular complexity index is 573. The molecule has 0 aliphatic rings. The van der Waals surface area contributed by atoms with Crippen LogP contribution in [-0.2, 0) is 10.0 Å². The zero-order chi connectivity index (χ0) is 15.6. The van der Waals surface area contributed by atoms with Crippen LogP contribution in [0.5, 0.6) is 0 Å². The molecule has 1 atom stereocenters. The first-order valence-corrected chi connectivity index (χ1v) is 8.39. The zero-order valence-corrected chi connectivity index (χ0v) is 15.1. The van der Waals surface area contributed by atoms with Gasteiger partial charge >= 0.3 is 0 Å². The molecule has 0 saturated heterocycles. The number of nitrogens with two attached hydrogens (primary N) is 1. The summed E-state index contributed by atoms with van der Waals surface area (Å²) in [5.74, 6) is 0.367. The summed E-state index contributed by atoms with van der Waals surface area (Å²) >= 11 is 0. The highest BCUT2D eigenvalue weighted by Crippen LogP contribution is 2.20.